The average Bonchev–Trinajstić information content (AvgIpc) is 3.19. The molecule has 1 aliphatic heterocycles. The van der Waals surface area contributed by atoms with Gasteiger partial charge in [-0.1, -0.05) is 24.3 Å². The van der Waals surface area contributed by atoms with Gasteiger partial charge in [0.2, 0.25) is 0 Å². The van der Waals surface area contributed by atoms with Crippen molar-refractivity contribution >= 4 is 17.4 Å². The van der Waals surface area contributed by atoms with Crippen molar-refractivity contribution in [2.75, 3.05) is 46.2 Å². The molecule has 2 N–H and O–H groups in total. The van der Waals surface area contributed by atoms with Gasteiger partial charge < -0.3 is 25.0 Å². The van der Waals surface area contributed by atoms with E-state index in [-0.39, 0.29) is 11.4 Å². The summed E-state index contributed by atoms with van der Waals surface area (Å²) in [6.45, 7) is 2.19. The molecule has 7 nitrogen and oxygen atoms in total. The van der Waals surface area contributed by atoms with Gasteiger partial charge in [-0.05, 0) is 62.7 Å². The van der Waals surface area contributed by atoms with Crippen LogP contribution in [0.5, 0.6) is 11.5 Å². The van der Waals surface area contributed by atoms with Gasteiger partial charge >= 0.3 is 6.03 Å². The molecule has 2 aromatic carbocycles. The van der Waals surface area contributed by atoms with Crippen molar-refractivity contribution in [2.24, 2.45) is 4.99 Å². The Hall–Kier alpha value is -3.06. The van der Waals surface area contributed by atoms with Crippen LogP contribution in [0.3, 0.4) is 0 Å². The highest BCUT2D eigenvalue weighted by atomic mass is 16.5. The SMILES string of the molecule is COc1ccc([C@@]23CC/C(=N\CCNC(=O)Nc4ccccc4)C[C@@H]2N(C)CC3)cc1OC. The number of amides is 2. The highest BCUT2D eigenvalue weighted by molar-refractivity contribution is 5.89. The van der Waals surface area contributed by atoms with E-state index in [0.29, 0.717) is 19.1 Å². The van der Waals surface area contributed by atoms with Crippen molar-refractivity contribution in [1.29, 1.82) is 0 Å². The fraction of sp³-hybridized carbons (Fsp3) is 0.462. The molecule has 2 amide bonds. The number of carbonyl (C=O) groups is 1. The molecule has 176 valence electrons. The predicted molar refractivity (Wildman–Crippen MR) is 132 cm³/mol. The fourth-order valence-corrected chi connectivity index (χ4v) is 5.31. The third kappa shape index (κ3) is 4.98. The summed E-state index contributed by atoms with van der Waals surface area (Å²) in [6.07, 6.45) is 4.15. The van der Waals surface area contributed by atoms with E-state index in [0.717, 1.165) is 49.4 Å². The first-order valence-electron chi connectivity index (χ1n) is 11.6. The molecule has 2 aliphatic rings. The topological polar surface area (TPSA) is 75.2 Å². The molecule has 0 aromatic heterocycles. The van der Waals surface area contributed by atoms with Gasteiger partial charge in [-0.2, -0.15) is 0 Å². The van der Waals surface area contributed by atoms with Crippen LogP contribution in [0.1, 0.15) is 31.2 Å². The number of nitrogens with one attached hydrogen (secondary N) is 2. The second kappa shape index (κ2) is 10.3. The number of rotatable bonds is 7. The Balaban J connectivity index is 1.37. The van der Waals surface area contributed by atoms with Gasteiger partial charge in [-0.25, -0.2) is 4.79 Å². The molecule has 0 spiro atoms. The number of anilines is 1. The largest absolute Gasteiger partial charge is 0.493 e. The van der Waals surface area contributed by atoms with E-state index >= 15 is 0 Å². The Morgan fingerprint density at radius 3 is 2.67 bits per heavy atom. The van der Waals surface area contributed by atoms with Gasteiger partial charge in [0.05, 0.1) is 20.8 Å². The number of urea groups is 1. The van der Waals surface area contributed by atoms with E-state index in [1.165, 1.54) is 11.3 Å². The summed E-state index contributed by atoms with van der Waals surface area (Å²) in [5, 5.41) is 5.72. The number of likely N-dealkylation sites (tertiary alicyclic amines) is 1. The Bertz CT molecular complexity index is 994. The van der Waals surface area contributed by atoms with E-state index < -0.39 is 0 Å². The van der Waals surface area contributed by atoms with Crippen LogP contribution >= 0.6 is 0 Å². The van der Waals surface area contributed by atoms with Crippen molar-refractivity contribution in [2.45, 2.75) is 37.1 Å². The molecule has 2 atom stereocenters. The molecular formula is C26H34N4O3. The number of methoxy groups -OCH3 is 2. The smallest absolute Gasteiger partial charge is 0.319 e. The second-order valence-corrected chi connectivity index (χ2v) is 8.87. The number of benzene rings is 2. The van der Waals surface area contributed by atoms with E-state index in [4.69, 9.17) is 14.5 Å². The Labute approximate surface area is 196 Å². The van der Waals surface area contributed by atoms with Gasteiger partial charge in [-0.3, -0.25) is 4.99 Å². The Kier molecular flexibility index (Phi) is 7.18. The lowest BCUT2D eigenvalue weighted by Gasteiger charge is -2.42. The monoisotopic (exact) mass is 450 g/mol. The summed E-state index contributed by atoms with van der Waals surface area (Å²) in [5.41, 5.74) is 3.47. The molecule has 1 heterocycles. The highest BCUT2D eigenvalue weighted by Crippen LogP contribution is 2.49. The Morgan fingerprint density at radius 1 is 1.12 bits per heavy atom. The van der Waals surface area contributed by atoms with E-state index in [1.807, 2.05) is 36.4 Å². The number of fused-ring (bicyclic) bond motifs is 1. The molecule has 1 saturated heterocycles. The lowest BCUT2D eigenvalue weighted by molar-refractivity contribution is 0.226. The number of aliphatic imine (C=N–C) groups is 1. The highest BCUT2D eigenvalue weighted by Gasteiger charge is 2.49. The molecule has 1 saturated carbocycles. The van der Waals surface area contributed by atoms with Crippen LogP contribution in [0.15, 0.2) is 53.5 Å². The van der Waals surface area contributed by atoms with E-state index in [2.05, 4.69) is 34.7 Å². The maximum atomic E-state index is 12.1. The van der Waals surface area contributed by atoms with Crippen molar-refractivity contribution in [3.63, 3.8) is 0 Å². The minimum absolute atomic E-state index is 0.112. The lowest BCUT2D eigenvalue weighted by Crippen LogP contribution is -2.46. The molecule has 0 radical (unpaired) electrons. The number of para-hydroxylation sites is 1. The van der Waals surface area contributed by atoms with Crippen molar-refractivity contribution in [3.05, 3.63) is 54.1 Å². The number of ether oxygens (including phenoxy) is 2. The van der Waals surface area contributed by atoms with Crippen LogP contribution < -0.4 is 20.1 Å². The summed E-state index contributed by atoms with van der Waals surface area (Å²) in [7, 11) is 5.58. The number of likely N-dealkylation sites (N-methyl/N-ethyl adjacent to an activating group) is 1. The second-order valence-electron chi connectivity index (χ2n) is 8.87. The molecule has 33 heavy (non-hydrogen) atoms. The molecule has 0 unspecified atom stereocenters. The summed E-state index contributed by atoms with van der Waals surface area (Å²) < 4.78 is 11.0. The van der Waals surface area contributed by atoms with Crippen LogP contribution in [0.2, 0.25) is 0 Å². The maximum absolute atomic E-state index is 12.1. The molecule has 2 fully saturated rings. The number of hydrogen-bond donors (Lipinski definition) is 2. The first-order valence-corrected chi connectivity index (χ1v) is 11.6. The third-order valence-corrected chi connectivity index (χ3v) is 7.09. The van der Waals surface area contributed by atoms with Crippen LogP contribution in [0.25, 0.3) is 0 Å². The predicted octanol–water partition coefficient (Wildman–Crippen LogP) is 4.09. The van der Waals surface area contributed by atoms with Gasteiger partial charge in [-0.15, -0.1) is 0 Å². The lowest BCUT2D eigenvalue weighted by atomic mass is 9.65. The molecule has 7 heteroatoms. The number of nitrogens with zero attached hydrogens (tertiary/aromatic N) is 2. The minimum atomic E-state index is -0.201. The average molecular weight is 451 g/mol. The van der Waals surface area contributed by atoms with Crippen molar-refractivity contribution in [1.82, 2.24) is 10.2 Å². The normalized spacial score (nSPS) is 23.7. The Morgan fingerprint density at radius 2 is 1.91 bits per heavy atom. The van der Waals surface area contributed by atoms with Gasteiger partial charge in [0.25, 0.3) is 0 Å². The first kappa shape index (κ1) is 23.1. The van der Waals surface area contributed by atoms with Crippen LogP contribution in [0, 0.1) is 0 Å². The van der Waals surface area contributed by atoms with Crippen LogP contribution in [-0.4, -0.2) is 63.6 Å². The molecule has 0 bridgehead atoms. The zero-order valence-electron chi connectivity index (χ0n) is 19.8. The summed E-state index contributed by atoms with van der Waals surface area (Å²) >= 11 is 0. The van der Waals surface area contributed by atoms with E-state index in [9.17, 15) is 4.79 Å². The van der Waals surface area contributed by atoms with Gasteiger partial charge in [0.15, 0.2) is 11.5 Å². The standard InChI is InChI=1S/C26H34N4O3/c1-30-16-13-26(19-9-10-22(32-2)23(17-19)33-3)12-11-21(18-24(26)30)27-14-15-28-25(31)29-20-7-5-4-6-8-20/h4-10,17,24H,11-16,18H2,1-3H3,(H2,28,29,31)/b27-21+/t24-,26-/m0/s1. The van der Waals surface area contributed by atoms with E-state index in [1.54, 1.807) is 14.2 Å². The summed E-state index contributed by atoms with van der Waals surface area (Å²) in [4.78, 5) is 19.4. The summed E-state index contributed by atoms with van der Waals surface area (Å²) in [5.74, 6) is 1.56. The molecule has 2 aromatic rings. The van der Waals surface area contributed by atoms with Gasteiger partial charge in [0, 0.05) is 35.8 Å². The molecular weight excluding hydrogens is 416 g/mol. The third-order valence-electron chi connectivity index (χ3n) is 7.09. The first-order chi connectivity index (χ1) is 16.1. The van der Waals surface area contributed by atoms with Gasteiger partial charge in [0.1, 0.15) is 0 Å². The maximum Gasteiger partial charge on any atom is 0.319 e. The molecule has 1 aliphatic carbocycles. The van der Waals surface area contributed by atoms with Crippen molar-refractivity contribution < 1.29 is 14.3 Å². The van der Waals surface area contributed by atoms with Crippen LogP contribution in [0.4, 0.5) is 10.5 Å². The zero-order valence-corrected chi connectivity index (χ0v) is 19.8. The minimum Gasteiger partial charge on any atom is -0.493 e. The van der Waals surface area contributed by atoms with Crippen molar-refractivity contribution in [3.8, 4) is 11.5 Å². The fourth-order valence-electron chi connectivity index (χ4n) is 5.31. The molecule has 4 rings (SSSR count). The quantitative estimate of drug-likeness (QED) is 0.623. The number of hydrogen-bond acceptors (Lipinski definition) is 5. The summed E-state index contributed by atoms with van der Waals surface area (Å²) in [6, 6.07) is 16.0. The van der Waals surface area contributed by atoms with Crippen LogP contribution in [-0.2, 0) is 5.41 Å². The number of carbonyl (C=O) groups excluding carboxylic acids is 1. The zero-order chi connectivity index (χ0) is 23.3.